The first kappa shape index (κ1) is 33.2. The number of hydrogen-bond acceptors (Lipinski definition) is 7. The maximum absolute atomic E-state index is 13.4. The van der Waals surface area contributed by atoms with Crippen LogP contribution in [-0.4, -0.2) is 71.4 Å². The molecule has 4 amide bonds. The highest BCUT2D eigenvalue weighted by Crippen LogP contribution is 2.08. The molecule has 0 heterocycles. The Morgan fingerprint density at radius 1 is 0.714 bits per heavy atom. The Kier molecular flexibility index (Phi) is 13.4. The molecular formula is C28H38N8O6. The number of carboxylic acids is 1. The van der Waals surface area contributed by atoms with E-state index >= 15 is 0 Å². The van der Waals surface area contributed by atoms with Gasteiger partial charge in [0, 0.05) is 19.4 Å². The van der Waals surface area contributed by atoms with Crippen molar-refractivity contribution >= 4 is 35.6 Å². The lowest BCUT2D eigenvalue weighted by atomic mass is 10.0. The average Bonchev–Trinajstić information content (AvgIpc) is 2.94. The number of amides is 4. The Labute approximate surface area is 243 Å². The molecule has 226 valence electrons. The SMILES string of the molecule is NC(=O)CC(N)C(=O)NC(CCCN=C(N)N)C(=O)NC(Cc1ccccc1)C(=O)NC(Cc1ccccc1)C(=O)O. The molecule has 42 heavy (non-hydrogen) atoms. The topological polar surface area (TPSA) is 258 Å². The predicted molar refractivity (Wildman–Crippen MR) is 155 cm³/mol. The molecule has 0 aliphatic heterocycles. The first-order valence-corrected chi connectivity index (χ1v) is 13.3. The van der Waals surface area contributed by atoms with Crippen molar-refractivity contribution in [1.29, 1.82) is 0 Å². The summed E-state index contributed by atoms with van der Waals surface area (Å²) in [6.45, 7) is 0.156. The Balaban J connectivity index is 2.26. The third kappa shape index (κ3) is 12.0. The van der Waals surface area contributed by atoms with Crippen LogP contribution in [0, 0.1) is 0 Å². The summed E-state index contributed by atoms with van der Waals surface area (Å²) in [4.78, 5) is 66.5. The van der Waals surface area contributed by atoms with Gasteiger partial charge in [0.25, 0.3) is 0 Å². The first-order chi connectivity index (χ1) is 20.0. The summed E-state index contributed by atoms with van der Waals surface area (Å²) in [6, 6.07) is 12.6. The molecule has 0 bridgehead atoms. The third-order valence-corrected chi connectivity index (χ3v) is 6.15. The van der Waals surface area contributed by atoms with Crippen LogP contribution in [0.2, 0.25) is 0 Å². The fraction of sp³-hybridized carbons (Fsp3) is 0.357. The molecule has 0 aromatic heterocycles. The van der Waals surface area contributed by atoms with Crippen molar-refractivity contribution in [2.45, 2.75) is 56.3 Å². The predicted octanol–water partition coefficient (Wildman–Crippen LogP) is -1.73. The quantitative estimate of drug-likeness (QED) is 0.0597. The van der Waals surface area contributed by atoms with Crippen molar-refractivity contribution in [3.05, 3.63) is 71.8 Å². The molecule has 0 spiro atoms. The van der Waals surface area contributed by atoms with Gasteiger partial charge in [-0.2, -0.15) is 0 Å². The van der Waals surface area contributed by atoms with Crippen molar-refractivity contribution in [3.63, 3.8) is 0 Å². The van der Waals surface area contributed by atoms with E-state index in [2.05, 4.69) is 20.9 Å². The summed E-state index contributed by atoms with van der Waals surface area (Å²) >= 11 is 0. The van der Waals surface area contributed by atoms with Crippen LogP contribution in [0.15, 0.2) is 65.7 Å². The zero-order chi connectivity index (χ0) is 31.1. The summed E-state index contributed by atoms with van der Waals surface area (Å²) in [5, 5.41) is 17.4. The fourth-order valence-corrected chi connectivity index (χ4v) is 4.01. The third-order valence-electron chi connectivity index (χ3n) is 6.15. The molecule has 0 saturated carbocycles. The summed E-state index contributed by atoms with van der Waals surface area (Å²) in [7, 11) is 0. The van der Waals surface area contributed by atoms with Crippen molar-refractivity contribution in [1.82, 2.24) is 16.0 Å². The van der Waals surface area contributed by atoms with Crippen molar-refractivity contribution in [2.75, 3.05) is 6.54 Å². The average molecular weight is 583 g/mol. The van der Waals surface area contributed by atoms with Crippen molar-refractivity contribution < 1.29 is 29.1 Å². The van der Waals surface area contributed by atoms with E-state index in [1.54, 1.807) is 60.7 Å². The van der Waals surface area contributed by atoms with Gasteiger partial charge in [0.1, 0.15) is 18.1 Å². The zero-order valence-corrected chi connectivity index (χ0v) is 23.1. The Bertz CT molecular complexity index is 1240. The van der Waals surface area contributed by atoms with Crippen LogP contribution in [0.5, 0.6) is 0 Å². The summed E-state index contributed by atoms with van der Waals surface area (Å²) < 4.78 is 0. The summed E-state index contributed by atoms with van der Waals surface area (Å²) in [5.41, 5.74) is 23.0. The molecule has 0 saturated heterocycles. The zero-order valence-electron chi connectivity index (χ0n) is 23.1. The van der Waals surface area contributed by atoms with Gasteiger partial charge in [-0.1, -0.05) is 60.7 Å². The smallest absolute Gasteiger partial charge is 0.326 e. The normalized spacial score (nSPS) is 13.5. The van der Waals surface area contributed by atoms with E-state index in [0.29, 0.717) is 11.1 Å². The largest absolute Gasteiger partial charge is 0.480 e. The van der Waals surface area contributed by atoms with Gasteiger partial charge in [-0.25, -0.2) is 4.79 Å². The lowest BCUT2D eigenvalue weighted by molar-refractivity contribution is -0.142. The van der Waals surface area contributed by atoms with E-state index in [1.807, 2.05) is 0 Å². The highest BCUT2D eigenvalue weighted by atomic mass is 16.4. The number of rotatable bonds is 17. The van der Waals surface area contributed by atoms with Crippen molar-refractivity contribution in [2.24, 2.45) is 27.9 Å². The Morgan fingerprint density at radius 3 is 1.69 bits per heavy atom. The van der Waals surface area contributed by atoms with E-state index in [-0.39, 0.29) is 38.2 Å². The van der Waals surface area contributed by atoms with Gasteiger partial charge < -0.3 is 44.0 Å². The van der Waals surface area contributed by atoms with Gasteiger partial charge in [-0.3, -0.25) is 24.2 Å². The molecule has 0 radical (unpaired) electrons. The second-order valence-electron chi connectivity index (χ2n) is 9.63. The molecule has 4 atom stereocenters. The van der Waals surface area contributed by atoms with Crippen LogP contribution in [-0.2, 0) is 36.8 Å². The first-order valence-electron chi connectivity index (χ1n) is 13.3. The minimum Gasteiger partial charge on any atom is -0.480 e. The number of carboxylic acid groups (broad SMARTS) is 1. The number of nitrogens with one attached hydrogen (secondary N) is 3. The second kappa shape index (κ2) is 17.0. The molecule has 12 N–H and O–H groups in total. The van der Waals surface area contributed by atoms with Gasteiger partial charge in [0.2, 0.25) is 23.6 Å². The maximum atomic E-state index is 13.4. The number of guanidine groups is 1. The maximum Gasteiger partial charge on any atom is 0.326 e. The number of carbonyl (C=O) groups excluding carboxylic acids is 4. The lowest BCUT2D eigenvalue weighted by Gasteiger charge is -2.25. The number of nitrogens with two attached hydrogens (primary N) is 4. The number of benzene rings is 2. The van der Waals surface area contributed by atoms with Gasteiger partial charge in [0.05, 0.1) is 12.5 Å². The Morgan fingerprint density at radius 2 is 1.19 bits per heavy atom. The molecule has 2 rings (SSSR count). The van der Waals surface area contributed by atoms with Crippen LogP contribution in [0.4, 0.5) is 0 Å². The van der Waals surface area contributed by atoms with Gasteiger partial charge in [-0.05, 0) is 24.0 Å². The van der Waals surface area contributed by atoms with E-state index < -0.39 is 60.2 Å². The number of primary amides is 1. The number of aliphatic imine (C=N–C) groups is 1. The highest BCUT2D eigenvalue weighted by molar-refractivity contribution is 5.95. The van der Waals surface area contributed by atoms with E-state index in [0.717, 1.165) is 0 Å². The van der Waals surface area contributed by atoms with E-state index in [1.165, 1.54) is 0 Å². The minimum absolute atomic E-state index is 0.0230. The van der Waals surface area contributed by atoms with Crippen LogP contribution in [0.3, 0.4) is 0 Å². The van der Waals surface area contributed by atoms with Gasteiger partial charge in [-0.15, -0.1) is 0 Å². The molecule has 14 nitrogen and oxygen atoms in total. The van der Waals surface area contributed by atoms with Crippen LogP contribution >= 0.6 is 0 Å². The number of aliphatic carboxylic acids is 1. The van der Waals surface area contributed by atoms with Crippen molar-refractivity contribution in [3.8, 4) is 0 Å². The molecule has 4 unspecified atom stereocenters. The number of hydrogen-bond donors (Lipinski definition) is 8. The van der Waals surface area contributed by atoms with E-state index in [9.17, 15) is 29.1 Å². The summed E-state index contributed by atoms with van der Waals surface area (Å²) in [5.74, 6) is -4.45. The molecule has 14 heteroatoms. The Hall–Kier alpha value is -4.98. The molecule has 2 aromatic rings. The minimum atomic E-state index is -1.30. The van der Waals surface area contributed by atoms with Crippen LogP contribution in [0.1, 0.15) is 30.4 Å². The fourth-order valence-electron chi connectivity index (χ4n) is 4.01. The van der Waals surface area contributed by atoms with Gasteiger partial charge in [0.15, 0.2) is 5.96 Å². The lowest BCUT2D eigenvalue weighted by Crippen LogP contribution is -2.58. The molecular weight excluding hydrogens is 544 g/mol. The molecule has 0 fully saturated rings. The molecule has 0 aliphatic carbocycles. The molecule has 0 aliphatic rings. The van der Waals surface area contributed by atoms with E-state index in [4.69, 9.17) is 22.9 Å². The number of carbonyl (C=O) groups is 5. The highest BCUT2D eigenvalue weighted by Gasteiger charge is 2.30. The monoisotopic (exact) mass is 582 g/mol. The summed E-state index contributed by atoms with van der Waals surface area (Å²) in [6.07, 6.45) is -0.0512. The van der Waals surface area contributed by atoms with Crippen LogP contribution < -0.4 is 38.9 Å². The van der Waals surface area contributed by atoms with Gasteiger partial charge >= 0.3 is 5.97 Å². The van der Waals surface area contributed by atoms with Crippen LogP contribution in [0.25, 0.3) is 0 Å². The standard InChI is InChI=1S/C28H38N8O6/c29-19(16-23(30)37)24(38)34-20(12-7-13-33-28(31)32)25(39)35-21(14-17-8-3-1-4-9-17)26(40)36-22(27(41)42)15-18-10-5-2-6-11-18/h1-6,8-11,19-22H,7,12-16,29H2,(H2,30,37)(H,34,38)(H,35,39)(H,36,40)(H,41,42)(H4,31,32,33). The second-order valence-corrected chi connectivity index (χ2v) is 9.63. The number of nitrogens with zero attached hydrogens (tertiary/aromatic N) is 1. The molecule has 2 aromatic carbocycles.